The van der Waals surface area contributed by atoms with Crippen molar-refractivity contribution < 1.29 is 23.5 Å². The van der Waals surface area contributed by atoms with Crippen LogP contribution in [-0.2, 0) is 37.8 Å². The zero-order valence-electron chi connectivity index (χ0n) is 16.5. The standard InChI is InChI=1S/C22H22ClFN2O4/c1-13-2-3-14(18(24)10-13)11-26-21-15-8-9-25-12-22(16(15)4-5-17(21)23)29-19(27)6-7-20(28)30-22/h2-5,10,25-26H,6-9,11-12H2,1H3. The molecule has 0 radical (unpaired) electrons. The lowest BCUT2D eigenvalue weighted by Gasteiger charge is -2.32. The zero-order valence-corrected chi connectivity index (χ0v) is 17.3. The summed E-state index contributed by atoms with van der Waals surface area (Å²) < 4.78 is 25.5. The average Bonchev–Trinajstić information content (AvgIpc) is 2.95. The lowest BCUT2D eigenvalue weighted by Crippen LogP contribution is -2.43. The highest BCUT2D eigenvalue weighted by Crippen LogP contribution is 2.40. The molecular formula is C22H22ClFN2O4. The maximum absolute atomic E-state index is 14.3. The van der Waals surface area contributed by atoms with Crippen LogP contribution in [0, 0.1) is 12.7 Å². The number of carbonyl (C=O) groups is 2. The molecule has 8 heteroatoms. The van der Waals surface area contributed by atoms with Gasteiger partial charge in [-0.1, -0.05) is 23.7 Å². The van der Waals surface area contributed by atoms with Crippen LogP contribution in [0.25, 0.3) is 0 Å². The highest BCUT2D eigenvalue weighted by molar-refractivity contribution is 6.33. The van der Waals surface area contributed by atoms with Gasteiger partial charge in [0.1, 0.15) is 5.82 Å². The van der Waals surface area contributed by atoms with Crippen molar-refractivity contribution >= 4 is 29.2 Å². The molecule has 0 amide bonds. The molecular weight excluding hydrogens is 411 g/mol. The highest BCUT2D eigenvalue weighted by Gasteiger charge is 2.45. The molecule has 6 nitrogen and oxygen atoms in total. The molecule has 0 saturated carbocycles. The number of anilines is 1. The average molecular weight is 433 g/mol. The lowest BCUT2D eigenvalue weighted by atomic mass is 9.96. The van der Waals surface area contributed by atoms with E-state index in [1.807, 2.05) is 13.0 Å². The Hall–Kier alpha value is -2.64. The summed E-state index contributed by atoms with van der Waals surface area (Å²) in [6.07, 6.45) is 0.508. The molecule has 0 bridgehead atoms. The number of fused-ring (bicyclic) bond motifs is 2. The van der Waals surface area contributed by atoms with E-state index >= 15 is 0 Å². The maximum Gasteiger partial charge on any atom is 0.309 e. The molecule has 2 aromatic carbocycles. The van der Waals surface area contributed by atoms with E-state index in [0.29, 0.717) is 34.8 Å². The number of ether oxygens (including phenoxy) is 2. The molecule has 2 aliphatic rings. The summed E-state index contributed by atoms with van der Waals surface area (Å²) in [6.45, 7) is 2.77. The fourth-order valence-corrected chi connectivity index (χ4v) is 4.09. The van der Waals surface area contributed by atoms with Gasteiger partial charge in [-0.05, 0) is 49.2 Å². The number of hydrogen-bond acceptors (Lipinski definition) is 6. The van der Waals surface area contributed by atoms with Gasteiger partial charge in [0, 0.05) is 17.7 Å². The van der Waals surface area contributed by atoms with Crippen LogP contribution >= 0.6 is 11.6 Å². The van der Waals surface area contributed by atoms with Crippen LogP contribution in [0.4, 0.5) is 10.1 Å². The third-order valence-corrected chi connectivity index (χ3v) is 5.65. The Kier molecular flexibility index (Phi) is 5.66. The molecule has 4 rings (SSSR count). The zero-order chi connectivity index (χ0) is 21.3. The molecule has 0 atom stereocenters. The Bertz CT molecular complexity index is 993. The summed E-state index contributed by atoms with van der Waals surface area (Å²) in [5, 5.41) is 6.85. The van der Waals surface area contributed by atoms with E-state index in [-0.39, 0.29) is 31.7 Å². The van der Waals surface area contributed by atoms with Crippen molar-refractivity contribution in [3.63, 3.8) is 0 Å². The number of nitrogens with one attached hydrogen (secondary N) is 2. The van der Waals surface area contributed by atoms with Crippen molar-refractivity contribution in [1.82, 2.24) is 5.32 Å². The second-order valence-corrected chi connectivity index (χ2v) is 7.93. The topological polar surface area (TPSA) is 76.7 Å². The third-order valence-electron chi connectivity index (χ3n) is 5.34. The Balaban J connectivity index is 1.73. The van der Waals surface area contributed by atoms with E-state index in [0.717, 1.165) is 11.1 Å². The molecule has 0 aliphatic carbocycles. The molecule has 30 heavy (non-hydrogen) atoms. The summed E-state index contributed by atoms with van der Waals surface area (Å²) in [5.41, 5.74) is 3.28. The molecule has 158 valence electrons. The van der Waals surface area contributed by atoms with Gasteiger partial charge in [-0.2, -0.15) is 0 Å². The predicted molar refractivity (Wildman–Crippen MR) is 110 cm³/mol. The predicted octanol–water partition coefficient (Wildman–Crippen LogP) is 3.58. The minimum absolute atomic E-state index is 0.0265. The summed E-state index contributed by atoms with van der Waals surface area (Å²) in [5.74, 6) is -2.85. The first-order valence-corrected chi connectivity index (χ1v) is 10.2. The van der Waals surface area contributed by atoms with E-state index in [4.69, 9.17) is 21.1 Å². The van der Waals surface area contributed by atoms with Crippen LogP contribution in [0.1, 0.15) is 35.1 Å². The Morgan fingerprint density at radius 1 is 1.13 bits per heavy atom. The fourth-order valence-electron chi connectivity index (χ4n) is 3.84. The Morgan fingerprint density at radius 2 is 1.87 bits per heavy atom. The third kappa shape index (κ3) is 4.00. The maximum atomic E-state index is 14.3. The van der Waals surface area contributed by atoms with Crippen LogP contribution < -0.4 is 10.6 Å². The normalized spacial score (nSPS) is 18.1. The monoisotopic (exact) mass is 432 g/mol. The molecule has 2 aliphatic heterocycles. The summed E-state index contributed by atoms with van der Waals surface area (Å²) >= 11 is 6.47. The number of hydrogen-bond donors (Lipinski definition) is 2. The minimum Gasteiger partial charge on any atom is -0.416 e. The Morgan fingerprint density at radius 3 is 2.57 bits per heavy atom. The van der Waals surface area contributed by atoms with Crippen LogP contribution in [0.2, 0.25) is 5.02 Å². The first kappa shape index (κ1) is 20.6. The molecule has 0 aromatic heterocycles. The number of esters is 2. The largest absolute Gasteiger partial charge is 0.416 e. The van der Waals surface area contributed by atoms with Gasteiger partial charge in [-0.15, -0.1) is 0 Å². The molecule has 2 N–H and O–H groups in total. The van der Waals surface area contributed by atoms with Crippen molar-refractivity contribution in [1.29, 1.82) is 0 Å². The van der Waals surface area contributed by atoms with E-state index in [2.05, 4.69) is 10.6 Å². The van der Waals surface area contributed by atoms with Gasteiger partial charge in [-0.3, -0.25) is 9.59 Å². The summed E-state index contributed by atoms with van der Waals surface area (Å²) in [7, 11) is 0. The highest BCUT2D eigenvalue weighted by atomic mass is 35.5. The van der Waals surface area contributed by atoms with Crippen molar-refractivity contribution in [2.24, 2.45) is 0 Å². The van der Waals surface area contributed by atoms with Gasteiger partial charge in [-0.25, -0.2) is 4.39 Å². The van der Waals surface area contributed by atoms with Crippen molar-refractivity contribution in [3.8, 4) is 0 Å². The van der Waals surface area contributed by atoms with Gasteiger partial charge in [0.25, 0.3) is 5.79 Å². The molecule has 0 unspecified atom stereocenters. The summed E-state index contributed by atoms with van der Waals surface area (Å²) in [6, 6.07) is 8.43. The van der Waals surface area contributed by atoms with Crippen LogP contribution in [0.3, 0.4) is 0 Å². The first-order chi connectivity index (χ1) is 14.4. The van der Waals surface area contributed by atoms with E-state index in [9.17, 15) is 14.0 Å². The van der Waals surface area contributed by atoms with Crippen molar-refractivity contribution in [2.45, 2.75) is 38.5 Å². The molecule has 1 spiro atoms. The number of halogens is 2. The number of carbonyl (C=O) groups excluding carboxylic acids is 2. The first-order valence-electron chi connectivity index (χ1n) is 9.83. The Labute approximate surface area is 178 Å². The van der Waals surface area contributed by atoms with Crippen LogP contribution in [0.5, 0.6) is 0 Å². The second-order valence-electron chi connectivity index (χ2n) is 7.52. The van der Waals surface area contributed by atoms with Gasteiger partial charge in [0.15, 0.2) is 0 Å². The SMILES string of the molecule is Cc1ccc(CNc2c(Cl)ccc3c2CCNCC32OC(=O)CCC(=O)O2)c(F)c1. The smallest absolute Gasteiger partial charge is 0.309 e. The molecule has 2 heterocycles. The fraction of sp³-hybridized carbons (Fsp3) is 0.364. The molecule has 1 fully saturated rings. The molecule has 2 aromatic rings. The van der Waals surface area contributed by atoms with E-state index in [1.54, 1.807) is 18.2 Å². The quantitative estimate of drug-likeness (QED) is 0.722. The number of aryl methyl sites for hydroxylation is 1. The van der Waals surface area contributed by atoms with E-state index in [1.165, 1.54) is 6.07 Å². The van der Waals surface area contributed by atoms with Gasteiger partial charge in [0.05, 0.1) is 30.1 Å². The van der Waals surface area contributed by atoms with Gasteiger partial charge < -0.3 is 20.1 Å². The van der Waals surface area contributed by atoms with Crippen molar-refractivity contribution in [3.05, 3.63) is 63.4 Å². The van der Waals surface area contributed by atoms with Crippen LogP contribution in [0.15, 0.2) is 30.3 Å². The van der Waals surface area contributed by atoms with E-state index < -0.39 is 17.7 Å². The number of rotatable bonds is 3. The van der Waals surface area contributed by atoms with Gasteiger partial charge >= 0.3 is 11.9 Å². The van der Waals surface area contributed by atoms with Crippen LogP contribution in [-0.4, -0.2) is 25.0 Å². The summed E-state index contributed by atoms with van der Waals surface area (Å²) in [4.78, 5) is 24.4. The number of benzene rings is 2. The van der Waals surface area contributed by atoms with Crippen molar-refractivity contribution in [2.75, 3.05) is 18.4 Å². The molecule has 1 saturated heterocycles. The second kappa shape index (κ2) is 8.24. The minimum atomic E-state index is -1.55. The lowest BCUT2D eigenvalue weighted by molar-refractivity contribution is -0.225. The van der Waals surface area contributed by atoms with Gasteiger partial charge in [0.2, 0.25) is 0 Å².